The summed E-state index contributed by atoms with van der Waals surface area (Å²) in [6.07, 6.45) is 3.48. The van der Waals surface area contributed by atoms with E-state index in [1.165, 1.54) is 0 Å². The van der Waals surface area contributed by atoms with E-state index in [4.69, 9.17) is 23.4 Å². The molecule has 4 aromatic rings. The van der Waals surface area contributed by atoms with Crippen LogP contribution in [0, 0.1) is 13.8 Å². The molecule has 9 nitrogen and oxygen atoms in total. The Labute approximate surface area is 227 Å². The van der Waals surface area contributed by atoms with E-state index in [1.807, 2.05) is 32.0 Å². The molecular weight excluding hydrogens is 500 g/mol. The molecule has 206 valence electrons. The molecule has 2 aromatic heterocycles. The molecule has 9 heteroatoms. The van der Waals surface area contributed by atoms with Crippen LogP contribution in [0.1, 0.15) is 53.2 Å². The van der Waals surface area contributed by atoms with E-state index in [0.717, 1.165) is 53.7 Å². The van der Waals surface area contributed by atoms with Crippen LogP contribution in [0.5, 0.6) is 11.5 Å². The van der Waals surface area contributed by atoms with Gasteiger partial charge in [-0.15, -0.1) is 0 Å². The first-order valence-corrected chi connectivity index (χ1v) is 13.1. The number of hydrogen-bond donors (Lipinski definition) is 1. The third-order valence-corrected chi connectivity index (χ3v) is 7.26. The Morgan fingerprint density at radius 2 is 1.79 bits per heavy atom. The second-order valence-electron chi connectivity index (χ2n) is 9.94. The van der Waals surface area contributed by atoms with Gasteiger partial charge in [-0.1, -0.05) is 17.7 Å². The van der Waals surface area contributed by atoms with Crippen molar-refractivity contribution in [1.29, 1.82) is 0 Å². The summed E-state index contributed by atoms with van der Waals surface area (Å²) in [7, 11) is 3.11. The van der Waals surface area contributed by atoms with Gasteiger partial charge in [0.05, 0.1) is 38.6 Å². The highest BCUT2D eigenvalue weighted by molar-refractivity contribution is 5.95. The average molecular weight is 535 g/mol. The minimum atomic E-state index is -1.02. The number of aryl methyl sites for hydroxylation is 2. The van der Waals surface area contributed by atoms with E-state index < -0.39 is 5.97 Å². The standard InChI is InChI=1S/C30H34N2O7/c1-18-7-5-8-20(11-18)29-31-24(19(2)39-29)16-37-22-9-6-10-23(14-22)38-17-32-25-15-28(36-4)27(35-3)13-21(25)12-26(32)30(33)34/h5,7-8,11-13,15,22-23H,6,9-10,14,16-17H2,1-4H3,(H,33,34)/t22-,23+/m0/s1. The minimum Gasteiger partial charge on any atom is -0.493 e. The van der Waals surface area contributed by atoms with E-state index in [0.29, 0.717) is 29.5 Å². The predicted molar refractivity (Wildman–Crippen MR) is 145 cm³/mol. The number of aromatic carboxylic acids is 1. The molecule has 0 amide bonds. The molecule has 0 bridgehead atoms. The van der Waals surface area contributed by atoms with E-state index in [-0.39, 0.29) is 24.6 Å². The second-order valence-corrected chi connectivity index (χ2v) is 9.94. The van der Waals surface area contributed by atoms with Gasteiger partial charge < -0.3 is 33.0 Å². The number of hydrogen-bond acceptors (Lipinski definition) is 7. The third kappa shape index (κ3) is 5.79. The lowest BCUT2D eigenvalue weighted by atomic mass is 9.95. The number of rotatable bonds is 10. The first-order chi connectivity index (χ1) is 18.9. The highest BCUT2D eigenvalue weighted by Gasteiger charge is 2.25. The number of carboxylic acids is 1. The SMILES string of the molecule is COc1cc2cc(C(=O)O)n(CO[C@@H]3CCC[C@H](OCc4nc(-c5cccc(C)c5)oc4C)C3)c2cc1OC. The molecule has 2 aromatic carbocycles. The number of ether oxygens (including phenoxy) is 4. The summed E-state index contributed by atoms with van der Waals surface area (Å²) in [5.41, 5.74) is 3.75. The monoisotopic (exact) mass is 534 g/mol. The number of carbonyl (C=O) groups is 1. The molecule has 1 aliphatic carbocycles. The molecule has 2 heterocycles. The Kier molecular flexibility index (Phi) is 7.90. The molecular formula is C30H34N2O7. The molecule has 0 aliphatic heterocycles. The Morgan fingerprint density at radius 3 is 2.51 bits per heavy atom. The molecule has 0 saturated heterocycles. The largest absolute Gasteiger partial charge is 0.493 e. The van der Waals surface area contributed by atoms with Gasteiger partial charge in [-0.2, -0.15) is 0 Å². The second kappa shape index (κ2) is 11.5. The van der Waals surface area contributed by atoms with Crippen molar-refractivity contribution in [1.82, 2.24) is 9.55 Å². The number of methoxy groups -OCH3 is 2. The minimum absolute atomic E-state index is 0.0203. The van der Waals surface area contributed by atoms with Crippen LogP contribution in [0.3, 0.4) is 0 Å². The van der Waals surface area contributed by atoms with Gasteiger partial charge in [0, 0.05) is 17.0 Å². The number of carboxylic acid groups (broad SMARTS) is 1. The first-order valence-electron chi connectivity index (χ1n) is 13.1. The predicted octanol–water partition coefficient (Wildman–Crippen LogP) is 6.13. The normalized spacial score (nSPS) is 17.4. The maximum Gasteiger partial charge on any atom is 0.352 e. The maximum absolute atomic E-state index is 12.0. The average Bonchev–Trinajstić information content (AvgIpc) is 3.49. The van der Waals surface area contributed by atoms with Crippen LogP contribution in [0.15, 0.2) is 46.9 Å². The summed E-state index contributed by atoms with van der Waals surface area (Å²) in [5.74, 6) is 1.40. The van der Waals surface area contributed by atoms with Crippen LogP contribution < -0.4 is 9.47 Å². The van der Waals surface area contributed by atoms with Gasteiger partial charge in [-0.25, -0.2) is 9.78 Å². The van der Waals surface area contributed by atoms with E-state index >= 15 is 0 Å². The lowest BCUT2D eigenvalue weighted by Gasteiger charge is -2.29. The molecule has 39 heavy (non-hydrogen) atoms. The van der Waals surface area contributed by atoms with Crippen LogP contribution in [0.25, 0.3) is 22.4 Å². The van der Waals surface area contributed by atoms with E-state index in [2.05, 4.69) is 11.1 Å². The quantitative estimate of drug-likeness (QED) is 0.259. The Hall–Kier alpha value is -3.82. The molecule has 1 fully saturated rings. The van der Waals surface area contributed by atoms with Crippen LogP contribution in [-0.2, 0) is 22.8 Å². The summed E-state index contributed by atoms with van der Waals surface area (Å²) in [6.45, 7) is 4.43. The zero-order chi connectivity index (χ0) is 27.5. The van der Waals surface area contributed by atoms with E-state index in [9.17, 15) is 9.90 Å². The Bertz CT molecular complexity index is 1470. The van der Waals surface area contributed by atoms with Crippen molar-refractivity contribution in [3.05, 3.63) is 65.2 Å². The third-order valence-electron chi connectivity index (χ3n) is 7.26. The fraction of sp³-hybridized carbons (Fsp3) is 0.400. The number of oxazole rings is 1. The lowest BCUT2D eigenvalue weighted by Crippen LogP contribution is -2.29. The van der Waals surface area contributed by atoms with Crippen molar-refractivity contribution in [2.24, 2.45) is 0 Å². The molecule has 1 aliphatic rings. The number of aromatic nitrogens is 2. The Balaban J connectivity index is 1.24. The van der Waals surface area contributed by atoms with Crippen LogP contribution in [-0.4, -0.2) is 47.1 Å². The fourth-order valence-corrected chi connectivity index (χ4v) is 5.15. The van der Waals surface area contributed by atoms with Gasteiger partial charge in [0.25, 0.3) is 0 Å². The van der Waals surface area contributed by atoms with Crippen LogP contribution >= 0.6 is 0 Å². The summed E-state index contributed by atoms with van der Waals surface area (Å²) in [6, 6.07) is 13.3. The summed E-state index contributed by atoms with van der Waals surface area (Å²) >= 11 is 0. The van der Waals surface area contributed by atoms with Gasteiger partial charge >= 0.3 is 5.97 Å². The van der Waals surface area contributed by atoms with Gasteiger partial charge in [-0.05, 0) is 63.8 Å². The molecule has 0 unspecified atom stereocenters. The molecule has 1 saturated carbocycles. The highest BCUT2D eigenvalue weighted by Crippen LogP contribution is 2.34. The molecule has 0 radical (unpaired) electrons. The lowest BCUT2D eigenvalue weighted by molar-refractivity contribution is -0.0687. The number of nitrogens with zero attached hydrogens (tertiary/aromatic N) is 2. The highest BCUT2D eigenvalue weighted by atomic mass is 16.5. The molecule has 5 rings (SSSR count). The maximum atomic E-state index is 12.0. The number of benzene rings is 2. The molecule has 1 N–H and O–H groups in total. The zero-order valence-corrected chi connectivity index (χ0v) is 22.7. The van der Waals surface area contributed by atoms with Crippen LogP contribution in [0.4, 0.5) is 0 Å². The number of fused-ring (bicyclic) bond motifs is 1. The summed E-state index contributed by atoms with van der Waals surface area (Å²) in [5, 5.41) is 10.6. The van der Waals surface area contributed by atoms with Crippen molar-refractivity contribution in [2.75, 3.05) is 14.2 Å². The topological polar surface area (TPSA) is 105 Å². The van der Waals surface area contributed by atoms with Crippen molar-refractivity contribution < 1.29 is 33.3 Å². The zero-order valence-electron chi connectivity index (χ0n) is 22.7. The molecule has 0 spiro atoms. The van der Waals surface area contributed by atoms with Gasteiger partial charge in [0.15, 0.2) is 11.5 Å². The van der Waals surface area contributed by atoms with E-state index in [1.54, 1.807) is 37.0 Å². The van der Waals surface area contributed by atoms with Gasteiger partial charge in [-0.3, -0.25) is 0 Å². The first kappa shape index (κ1) is 26.8. The van der Waals surface area contributed by atoms with Crippen molar-refractivity contribution in [3.63, 3.8) is 0 Å². The smallest absolute Gasteiger partial charge is 0.352 e. The summed E-state index contributed by atoms with van der Waals surface area (Å²) < 4.78 is 30.9. The van der Waals surface area contributed by atoms with Gasteiger partial charge in [0.2, 0.25) is 5.89 Å². The van der Waals surface area contributed by atoms with Gasteiger partial charge in [0.1, 0.15) is 23.9 Å². The van der Waals surface area contributed by atoms with Crippen molar-refractivity contribution >= 4 is 16.9 Å². The fourth-order valence-electron chi connectivity index (χ4n) is 5.15. The van der Waals surface area contributed by atoms with Crippen LogP contribution in [0.2, 0.25) is 0 Å². The molecule has 2 atom stereocenters. The summed E-state index contributed by atoms with van der Waals surface area (Å²) in [4.78, 5) is 16.7. The van der Waals surface area contributed by atoms with Crippen molar-refractivity contribution in [3.8, 4) is 23.0 Å². The Morgan fingerprint density at radius 1 is 1.05 bits per heavy atom. The van der Waals surface area contributed by atoms with Crippen molar-refractivity contribution in [2.45, 2.75) is 65.1 Å².